The van der Waals surface area contributed by atoms with Gasteiger partial charge in [-0.05, 0) is 67.8 Å². The van der Waals surface area contributed by atoms with Gasteiger partial charge in [0.25, 0.3) is 10.0 Å². The molecule has 0 unspecified atom stereocenters. The molecule has 0 bridgehead atoms. The fraction of sp³-hybridized carbons (Fsp3) is 0.182. The van der Waals surface area contributed by atoms with E-state index in [4.69, 9.17) is 4.74 Å². The van der Waals surface area contributed by atoms with Crippen LogP contribution in [0.15, 0.2) is 53.6 Å². The normalized spacial score (nSPS) is 11.2. The summed E-state index contributed by atoms with van der Waals surface area (Å²) in [5.74, 6) is -1.54. The Kier molecular flexibility index (Phi) is 5.89. The quantitative estimate of drug-likeness (QED) is 0.595. The Balaban J connectivity index is 2.09. The highest BCUT2D eigenvalue weighted by Crippen LogP contribution is 2.28. The van der Waals surface area contributed by atoms with Gasteiger partial charge in [-0.3, -0.25) is 14.5 Å². The summed E-state index contributed by atoms with van der Waals surface area (Å²) in [6.07, 6.45) is 1.41. The van der Waals surface area contributed by atoms with Crippen LogP contribution in [0.25, 0.3) is 0 Å². The molecule has 30 heavy (non-hydrogen) atoms. The molecule has 2 aromatic carbocycles. The maximum Gasteiger partial charge on any atom is 0.261 e. The number of halogens is 1. The molecule has 1 aromatic heterocycles. The van der Waals surface area contributed by atoms with Crippen molar-refractivity contribution in [3.8, 4) is 5.75 Å². The summed E-state index contributed by atoms with van der Waals surface area (Å²) in [5.41, 5.74) is 1.81. The Bertz CT molecular complexity index is 1240. The van der Waals surface area contributed by atoms with E-state index in [1.54, 1.807) is 19.1 Å². The van der Waals surface area contributed by atoms with E-state index in [-0.39, 0.29) is 27.6 Å². The zero-order chi connectivity index (χ0) is 22.1. The van der Waals surface area contributed by atoms with Crippen molar-refractivity contribution < 1.29 is 22.3 Å². The predicted molar refractivity (Wildman–Crippen MR) is 112 cm³/mol. The third-order valence-electron chi connectivity index (χ3n) is 4.69. The molecule has 6 nitrogen and oxygen atoms in total. The summed E-state index contributed by atoms with van der Waals surface area (Å²) < 4.78 is 47.8. The lowest BCUT2D eigenvalue weighted by Gasteiger charge is -2.14. The maximum absolute atomic E-state index is 14.4. The highest BCUT2D eigenvalue weighted by molar-refractivity contribution is 7.92. The molecule has 1 heterocycles. The monoisotopic (exact) mass is 428 g/mol. The molecule has 0 aliphatic rings. The highest BCUT2D eigenvalue weighted by atomic mass is 32.2. The summed E-state index contributed by atoms with van der Waals surface area (Å²) in [5, 5.41) is 0. The molecule has 8 heteroatoms. The Morgan fingerprint density at radius 1 is 1.07 bits per heavy atom. The van der Waals surface area contributed by atoms with Crippen molar-refractivity contribution >= 4 is 21.5 Å². The molecule has 1 N–H and O–H groups in total. The number of ether oxygens (including phenoxy) is 1. The van der Waals surface area contributed by atoms with Crippen LogP contribution < -0.4 is 9.46 Å². The lowest BCUT2D eigenvalue weighted by Crippen LogP contribution is -2.18. The molecule has 156 valence electrons. The van der Waals surface area contributed by atoms with E-state index >= 15 is 0 Å². The first-order chi connectivity index (χ1) is 14.1. The molecule has 3 rings (SSSR count). The van der Waals surface area contributed by atoms with Crippen LogP contribution in [0.1, 0.15) is 32.7 Å². The number of carbonyl (C=O) groups excluding carboxylic acids is 1. The van der Waals surface area contributed by atoms with Crippen molar-refractivity contribution in [2.45, 2.75) is 25.7 Å². The second-order valence-corrected chi connectivity index (χ2v) is 8.59. The predicted octanol–water partition coefficient (Wildman–Crippen LogP) is 4.19. The van der Waals surface area contributed by atoms with Crippen LogP contribution in [-0.2, 0) is 10.0 Å². The Hall–Kier alpha value is -3.26. The van der Waals surface area contributed by atoms with Gasteiger partial charge in [0.15, 0.2) is 0 Å². The fourth-order valence-electron chi connectivity index (χ4n) is 2.93. The van der Waals surface area contributed by atoms with Gasteiger partial charge in [-0.25, -0.2) is 12.8 Å². The van der Waals surface area contributed by atoms with E-state index in [1.807, 2.05) is 13.8 Å². The third kappa shape index (κ3) is 4.18. The number of rotatable bonds is 6. The molecule has 3 aromatic rings. The van der Waals surface area contributed by atoms with E-state index < -0.39 is 21.6 Å². The van der Waals surface area contributed by atoms with Crippen molar-refractivity contribution in [3.05, 3.63) is 82.4 Å². The number of methoxy groups -OCH3 is 1. The second kappa shape index (κ2) is 8.23. The largest absolute Gasteiger partial charge is 0.496 e. The molecule has 0 spiro atoms. The van der Waals surface area contributed by atoms with Gasteiger partial charge in [0, 0.05) is 6.20 Å². The maximum atomic E-state index is 14.4. The summed E-state index contributed by atoms with van der Waals surface area (Å²) in [7, 11) is -2.68. The number of pyridine rings is 1. The Labute approximate surface area is 174 Å². The summed E-state index contributed by atoms with van der Waals surface area (Å²) >= 11 is 0. The topological polar surface area (TPSA) is 85.4 Å². The Morgan fingerprint density at radius 3 is 2.47 bits per heavy atom. The zero-order valence-electron chi connectivity index (χ0n) is 17.0. The number of aromatic nitrogens is 1. The molecule has 0 radical (unpaired) electrons. The molecular formula is C22H21FN2O4S. The number of carbonyl (C=O) groups is 1. The van der Waals surface area contributed by atoms with Crippen molar-refractivity contribution in [2.75, 3.05) is 11.8 Å². The van der Waals surface area contributed by atoms with Gasteiger partial charge < -0.3 is 4.74 Å². The van der Waals surface area contributed by atoms with Crippen LogP contribution in [-0.4, -0.2) is 26.3 Å². The minimum absolute atomic E-state index is 0.0327. The van der Waals surface area contributed by atoms with Gasteiger partial charge in [-0.2, -0.15) is 0 Å². The molecule has 0 aliphatic heterocycles. The third-order valence-corrected chi connectivity index (χ3v) is 6.06. The number of hydrogen-bond acceptors (Lipinski definition) is 5. The minimum Gasteiger partial charge on any atom is -0.496 e. The van der Waals surface area contributed by atoms with E-state index in [1.165, 1.54) is 37.6 Å². The van der Waals surface area contributed by atoms with Crippen LogP contribution in [0.3, 0.4) is 0 Å². The van der Waals surface area contributed by atoms with Crippen LogP contribution >= 0.6 is 0 Å². The molecular weight excluding hydrogens is 407 g/mol. The number of anilines is 1. The van der Waals surface area contributed by atoms with E-state index in [0.29, 0.717) is 5.56 Å². The first-order valence-corrected chi connectivity index (χ1v) is 10.6. The van der Waals surface area contributed by atoms with Gasteiger partial charge >= 0.3 is 0 Å². The average Bonchev–Trinajstić information content (AvgIpc) is 2.69. The summed E-state index contributed by atoms with van der Waals surface area (Å²) in [6.45, 7) is 5.39. The zero-order valence-corrected chi connectivity index (χ0v) is 17.8. The molecule has 0 saturated heterocycles. The first-order valence-electron chi connectivity index (χ1n) is 9.08. The van der Waals surface area contributed by atoms with Crippen LogP contribution in [0.4, 0.5) is 10.1 Å². The summed E-state index contributed by atoms with van der Waals surface area (Å²) in [6, 6.07) is 10.2. The van der Waals surface area contributed by atoms with Crippen LogP contribution in [0.2, 0.25) is 0 Å². The fourth-order valence-corrected chi connectivity index (χ4v) is 4.07. The van der Waals surface area contributed by atoms with E-state index in [2.05, 4.69) is 9.71 Å². The first kappa shape index (κ1) is 21.4. The lowest BCUT2D eigenvalue weighted by molar-refractivity contribution is 0.102. The average molecular weight is 428 g/mol. The molecule has 0 saturated carbocycles. The van der Waals surface area contributed by atoms with Gasteiger partial charge in [0.05, 0.1) is 17.7 Å². The van der Waals surface area contributed by atoms with Gasteiger partial charge in [0.2, 0.25) is 5.78 Å². The van der Waals surface area contributed by atoms with Crippen molar-refractivity contribution in [2.24, 2.45) is 0 Å². The van der Waals surface area contributed by atoms with E-state index in [0.717, 1.165) is 17.2 Å². The summed E-state index contributed by atoms with van der Waals surface area (Å²) in [4.78, 5) is 17.2. The number of sulfonamides is 1. The number of ketones is 1. The van der Waals surface area contributed by atoms with Gasteiger partial charge in [-0.15, -0.1) is 0 Å². The van der Waals surface area contributed by atoms with E-state index in [9.17, 15) is 17.6 Å². The number of nitrogens with one attached hydrogen (secondary N) is 1. The van der Waals surface area contributed by atoms with Crippen molar-refractivity contribution in [1.82, 2.24) is 4.98 Å². The van der Waals surface area contributed by atoms with Crippen molar-refractivity contribution in [1.29, 1.82) is 0 Å². The Morgan fingerprint density at radius 2 is 1.80 bits per heavy atom. The highest BCUT2D eigenvalue weighted by Gasteiger charge is 2.25. The molecule has 0 amide bonds. The SMILES string of the molecule is COc1cccc(F)c1C(=O)c1ncc(C)cc1NS(=O)(=O)c1ccc(C)c(C)c1. The number of hydrogen-bond donors (Lipinski definition) is 1. The van der Waals surface area contributed by atoms with Crippen molar-refractivity contribution in [3.63, 3.8) is 0 Å². The molecule has 0 atom stereocenters. The number of aryl methyl sites for hydroxylation is 3. The van der Waals surface area contributed by atoms with Gasteiger partial charge in [-0.1, -0.05) is 12.1 Å². The molecule has 0 fully saturated rings. The molecule has 0 aliphatic carbocycles. The number of benzene rings is 2. The second-order valence-electron chi connectivity index (χ2n) is 6.91. The van der Waals surface area contributed by atoms with Crippen LogP contribution in [0, 0.1) is 26.6 Å². The smallest absolute Gasteiger partial charge is 0.261 e. The standard InChI is InChI=1S/C22H21FN2O4S/c1-13-10-18(25-30(27,28)16-9-8-14(2)15(3)11-16)21(24-12-13)22(26)20-17(23)6-5-7-19(20)29-4/h5-12,25H,1-4H3. The van der Waals surface area contributed by atoms with Crippen LogP contribution in [0.5, 0.6) is 5.75 Å². The van der Waals surface area contributed by atoms with Gasteiger partial charge in [0.1, 0.15) is 22.8 Å². The number of nitrogens with zero attached hydrogens (tertiary/aromatic N) is 1. The lowest BCUT2D eigenvalue weighted by atomic mass is 10.0. The minimum atomic E-state index is -4.00.